The lowest BCUT2D eigenvalue weighted by atomic mass is 9.67. The van der Waals surface area contributed by atoms with Crippen molar-refractivity contribution in [1.29, 1.82) is 0 Å². The maximum atomic E-state index is 6.59. The van der Waals surface area contributed by atoms with Crippen molar-refractivity contribution in [2.45, 2.75) is 50.9 Å². The van der Waals surface area contributed by atoms with Crippen molar-refractivity contribution in [2.75, 3.05) is 46.6 Å². The van der Waals surface area contributed by atoms with Crippen LogP contribution in [0.5, 0.6) is 0 Å². The molecule has 7 heteroatoms. The van der Waals surface area contributed by atoms with Gasteiger partial charge in [-0.3, -0.25) is 4.99 Å². The second-order valence-corrected chi connectivity index (χ2v) is 8.92. The molecule has 2 aliphatic rings. The topological polar surface area (TPSA) is 54.9 Å². The van der Waals surface area contributed by atoms with Gasteiger partial charge in [0.15, 0.2) is 5.96 Å². The van der Waals surface area contributed by atoms with Crippen molar-refractivity contribution in [3.05, 3.63) is 34.9 Å². The zero-order valence-corrected chi connectivity index (χ0v) is 21.4. The van der Waals surface area contributed by atoms with Crippen LogP contribution in [0.3, 0.4) is 0 Å². The van der Waals surface area contributed by atoms with Gasteiger partial charge in [0.2, 0.25) is 0 Å². The molecule has 0 aromatic heterocycles. The zero-order chi connectivity index (χ0) is 20.6. The third-order valence-corrected chi connectivity index (χ3v) is 6.99. The van der Waals surface area contributed by atoms with Crippen molar-refractivity contribution >= 4 is 41.5 Å². The zero-order valence-electron chi connectivity index (χ0n) is 18.3. The van der Waals surface area contributed by atoms with Gasteiger partial charge in [-0.25, -0.2) is 0 Å². The number of hydrogen-bond donors (Lipinski definition) is 2. The van der Waals surface area contributed by atoms with E-state index in [-0.39, 0.29) is 29.4 Å². The van der Waals surface area contributed by atoms with E-state index < -0.39 is 0 Å². The number of methoxy groups -OCH3 is 1. The summed E-state index contributed by atoms with van der Waals surface area (Å²) < 4.78 is 11.0. The fourth-order valence-corrected chi connectivity index (χ4v) is 4.85. The van der Waals surface area contributed by atoms with Crippen molar-refractivity contribution in [2.24, 2.45) is 10.4 Å². The molecule has 170 valence electrons. The summed E-state index contributed by atoms with van der Waals surface area (Å²) in [4.78, 5) is 4.97. The Hall–Kier alpha value is -0.570. The number of benzene rings is 1. The number of ether oxygens (including phenoxy) is 2. The molecule has 5 nitrogen and oxygen atoms in total. The van der Waals surface area contributed by atoms with E-state index in [0.29, 0.717) is 5.41 Å². The minimum Gasteiger partial charge on any atom is -0.385 e. The molecule has 30 heavy (non-hydrogen) atoms. The van der Waals surface area contributed by atoms with Gasteiger partial charge in [0.25, 0.3) is 0 Å². The Balaban J connectivity index is 0.00000320. The largest absolute Gasteiger partial charge is 0.385 e. The third kappa shape index (κ3) is 6.47. The van der Waals surface area contributed by atoms with Gasteiger partial charge >= 0.3 is 0 Å². The predicted molar refractivity (Wildman–Crippen MR) is 135 cm³/mol. The van der Waals surface area contributed by atoms with Crippen LogP contribution in [0, 0.1) is 5.41 Å². The number of rotatable bonds is 9. The van der Waals surface area contributed by atoms with Crippen LogP contribution in [0.1, 0.15) is 51.0 Å². The second-order valence-electron chi connectivity index (χ2n) is 8.52. The highest BCUT2D eigenvalue weighted by atomic mass is 127. The van der Waals surface area contributed by atoms with E-state index >= 15 is 0 Å². The molecule has 0 unspecified atom stereocenters. The molecule has 0 amide bonds. The van der Waals surface area contributed by atoms with Crippen molar-refractivity contribution in [3.8, 4) is 0 Å². The van der Waals surface area contributed by atoms with E-state index in [0.717, 1.165) is 69.7 Å². The van der Waals surface area contributed by atoms with Crippen LogP contribution in [-0.4, -0.2) is 52.5 Å². The maximum absolute atomic E-state index is 6.59. The van der Waals surface area contributed by atoms with Crippen molar-refractivity contribution in [1.82, 2.24) is 10.6 Å². The Kier molecular flexibility index (Phi) is 10.7. The lowest BCUT2D eigenvalue weighted by Crippen LogP contribution is -2.48. The van der Waals surface area contributed by atoms with Crippen LogP contribution in [0.4, 0.5) is 0 Å². The molecule has 0 radical (unpaired) electrons. The van der Waals surface area contributed by atoms with E-state index in [4.69, 9.17) is 26.1 Å². The quantitative estimate of drug-likeness (QED) is 0.265. The van der Waals surface area contributed by atoms with Gasteiger partial charge in [-0.05, 0) is 56.1 Å². The Morgan fingerprint density at radius 1 is 1.17 bits per heavy atom. The number of guanidine groups is 1. The predicted octanol–water partition coefficient (Wildman–Crippen LogP) is 4.77. The molecule has 2 N–H and O–H groups in total. The molecule has 0 atom stereocenters. The Labute approximate surface area is 203 Å². The average molecular weight is 550 g/mol. The van der Waals surface area contributed by atoms with Crippen LogP contribution in [0.2, 0.25) is 5.02 Å². The van der Waals surface area contributed by atoms with Crippen LogP contribution in [0.15, 0.2) is 29.3 Å². The minimum atomic E-state index is -0.0308. The third-order valence-electron chi connectivity index (χ3n) is 6.66. The SMILES string of the molecule is CCNC(=NCC1(CCOC)CCC1)NCC1(c2ccccc2Cl)CCOCC1.I. The highest BCUT2D eigenvalue weighted by Gasteiger charge is 2.37. The molecule has 1 saturated carbocycles. The van der Waals surface area contributed by atoms with Gasteiger partial charge in [0.05, 0.1) is 0 Å². The summed E-state index contributed by atoms with van der Waals surface area (Å²) in [5.74, 6) is 0.897. The first kappa shape index (κ1) is 25.7. The van der Waals surface area contributed by atoms with Crippen LogP contribution < -0.4 is 10.6 Å². The normalized spacial score (nSPS) is 20.0. The molecule has 1 aliphatic carbocycles. The van der Waals surface area contributed by atoms with Crippen LogP contribution >= 0.6 is 35.6 Å². The average Bonchev–Trinajstić information content (AvgIpc) is 2.72. The highest BCUT2D eigenvalue weighted by Crippen LogP contribution is 2.44. The Bertz CT molecular complexity index is 676. The molecule has 1 aliphatic heterocycles. The second kappa shape index (κ2) is 12.5. The molecule has 1 heterocycles. The summed E-state index contributed by atoms with van der Waals surface area (Å²) in [7, 11) is 1.78. The summed E-state index contributed by atoms with van der Waals surface area (Å²) in [6.45, 7) is 6.96. The molecule has 3 rings (SSSR count). The first-order chi connectivity index (χ1) is 14.1. The summed E-state index contributed by atoms with van der Waals surface area (Å²) >= 11 is 6.59. The van der Waals surface area contributed by atoms with Gasteiger partial charge in [0.1, 0.15) is 0 Å². The summed E-state index contributed by atoms with van der Waals surface area (Å²) in [5.41, 5.74) is 1.50. The lowest BCUT2D eigenvalue weighted by molar-refractivity contribution is 0.0513. The van der Waals surface area contributed by atoms with E-state index in [1.165, 1.54) is 24.8 Å². The Morgan fingerprint density at radius 3 is 2.50 bits per heavy atom. The fourth-order valence-electron chi connectivity index (χ4n) is 4.52. The number of aliphatic imine (C=N–C) groups is 1. The molecule has 1 aromatic carbocycles. The molecular formula is C23H37ClIN3O2. The summed E-state index contributed by atoms with van der Waals surface area (Å²) in [6, 6.07) is 8.22. The number of nitrogens with one attached hydrogen (secondary N) is 2. The summed E-state index contributed by atoms with van der Waals surface area (Å²) in [5, 5.41) is 7.89. The van der Waals surface area contributed by atoms with Crippen LogP contribution in [-0.2, 0) is 14.9 Å². The molecule has 1 saturated heterocycles. The molecule has 0 spiro atoms. The van der Waals surface area contributed by atoms with Crippen molar-refractivity contribution in [3.63, 3.8) is 0 Å². The van der Waals surface area contributed by atoms with Gasteiger partial charge in [-0.2, -0.15) is 0 Å². The summed E-state index contributed by atoms with van der Waals surface area (Å²) in [6.07, 6.45) is 6.81. The van der Waals surface area contributed by atoms with Gasteiger partial charge in [-0.1, -0.05) is 36.2 Å². The van der Waals surface area contributed by atoms with Crippen molar-refractivity contribution < 1.29 is 9.47 Å². The van der Waals surface area contributed by atoms with Crippen LogP contribution in [0.25, 0.3) is 0 Å². The fraction of sp³-hybridized carbons (Fsp3) is 0.696. The monoisotopic (exact) mass is 549 g/mol. The lowest BCUT2D eigenvalue weighted by Gasteiger charge is -2.41. The number of halogens is 2. The Morgan fingerprint density at radius 2 is 1.90 bits per heavy atom. The highest BCUT2D eigenvalue weighted by molar-refractivity contribution is 14.0. The first-order valence-corrected chi connectivity index (χ1v) is 11.3. The van der Waals surface area contributed by atoms with E-state index in [9.17, 15) is 0 Å². The van der Waals surface area contributed by atoms with Gasteiger partial charge in [0, 0.05) is 57.0 Å². The van der Waals surface area contributed by atoms with E-state index in [1.807, 2.05) is 12.1 Å². The smallest absolute Gasteiger partial charge is 0.191 e. The number of nitrogens with zero attached hydrogens (tertiary/aromatic N) is 1. The standard InChI is InChI=1S/C23H36ClN3O2.HI/c1-3-25-21(26-17-22(9-6-10-22)11-14-28-2)27-18-23(12-15-29-16-13-23)19-7-4-5-8-20(19)24;/h4-5,7-8H,3,6,9-18H2,1-2H3,(H2,25,26,27);1H. The molecular weight excluding hydrogens is 513 g/mol. The van der Waals surface area contributed by atoms with Gasteiger partial charge < -0.3 is 20.1 Å². The van der Waals surface area contributed by atoms with E-state index in [1.54, 1.807) is 7.11 Å². The minimum absolute atomic E-state index is 0. The van der Waals surface area contributed by atoms with Gasteiger partial charge in [-0.15, -0.1) is 24.0 Å². The first-order valence-electron chi connectivity index (χ1n) is 11.0. The maximum Gasteiger partial charge on any atom is 0.191 e. The molecule has 2 fully saturated rings. The molecule has 0 bridgehead atoms. The molecule has 1 aromatic rings. The number of hydrogen-bond acceptors (Lipinski definition) is 3. The van der Waals surface area contributed by atoms with E-state index in [2.05, 4.69) is 29.7 Å².